The van der Waals surface area contributed by atoms with Crippen LogP contribution in [0.2, 0.25) is 0 Å². The van der Waals surface area contributed by atoms with Gasteiger partial charge in [0.2, 0.25) is 0 Å². The van der Waals surface area contributed by atoms with Crippen LogP contribution in [0.5, 0.6) is 34.5 Å². The summed E-state index contributed by atoms with van der Waals surface area (Å²) in [4.78, 5) is 0. The molecule has 0 saturated heterocycles. The van der Waals surface area contributed by atoms with E-state index >= 15 is 0 Å². The predicted molar refractivity (Wildman–Crippen MR) is 497 cm³/mol. The van der Waals surface area contributed by atoms with Gasteiger partial charge in [0.1, 0.15) is 68.1 Å². The largest absolute Gasteiger partial charge is 0.487 e. The Hall–Kier alpha value is -6.92. The highest BCUT2D eigenvalue weighted by Gasteiger charge is 2.45. The van der Waals surface area contributed by atoms with Gasteiger partial charge in [-0.1, -0.05) is 55.4 Å². The summed E-state index contributed by atoms with van der Waals surface area (Å²) in [6, 6.07) is 0. The fraction of sp³-hybridized carbons (Fsp3) is 0.593. The van der Waals surface area contributed by atoms with Crippen molar-refractivity contribution >= 4 is 21.5 Å². The molecular weight excluding hydrogens is 1390 g/mol. The Morgan fingerprint density at radius 1 is 0.149 bits per heavy atom. The minimum Gasteiger partial charge on any atom is -0.487 e. The second-order valence-corrected chi connectivity index (χ2v) is 42.3. The summed E-state index contributed by atoms with van der Waals surface area (Å²) in [6.07, 6.45) is 0. The van der Waals surface area contributed by atoms with Crippen molar-refractivity contribution in [1.82, 2.24) is 0 Å². The lowest BCUT2D eigenvalue weighted by atomic mass is 9.60. The van der Waals surface area contributed by atoms with Crippen LogP contribution in [0.1, 0.15) is 359 Å². The summed E-state index contributed by atoms with van der Waals surface area (Å²) in [5, 5.41) is 5.26. The molecule has 0 saturated carbocycles. The van der Waals surface area contributed by atoms with E-state index in [1.165, 1.54) is 200 Å². The van der Waals surface area contributed by atoms with E-state index in [2.05, 4.69) is 346 Å². The van der Waals surface area contributed by atoms with Gasteiger partial charge in [0.15, 0.2) is 0 Å². The second-order valence-electron chi connectivity index (χ2n) is 42.3. The molecule has 0 fully saturated rings. The molecule has 114 heavy (non-hydrogen) atoms. The van der Waals surface area contributed by atoms with E-state index < -0.39 is 0 Å². The van der Waals surface area contributed by atoms with E-state index in [1.807, 2.05) is 0 Å². The maximum atomic E-state index is 7.11. The summed E-state index contributed by atoms with van der Waals surface area (Å²) in [7, 11) is 0. The fourth-order valence-corrected chi connectivity index (χ4v) is 19.3. The predicted octanol–water partition coefficient (Wildman–Crippen LogP) is 31.8. The zero-order valence-electron chi connectivity index (χ0n) is 82.1. The molecule has 0 heterocycles. The third kappa shape index (κ3) is 17.0. The molecule has 8 unspecified atom stereocenters. The van der Waals surface area contributed by atoms with Gasteiger partial charge in [-0.15, -0.1) is 0 Å². The molecule has 8 atom stereocenters. The Morgan fingerprint density at radius 3 is 0.518 bits per heavy atom. The van der Waals surface area contributed by atoms with Crippen molar-refractivity contribution in [1.29, 1.82) is 0 Å². The summed E-state index contributed by atoms with van der Waals surface area (Å²) in [5.41, 5.74) is 42.8. The van der Waals surface area contributed by atoms with Gasteiger partial charge < -0.3 is 28.4 Å². The van der Waals surface area contributed by atoms with Crippen molar-refractivity contribution in [3.05, 3.63) is 156 Å². The summed E-state index contributed by atoms with van der Waals surface area (Å²) < 4.78 is 41.6. The van der Waals surface area contributed by atoms with Gasteiger partial charge in [-0.3, -0.25) is 0 Å². The number of aryl methyl sites for hydroxylation is 6. The van der Waals surface area contributed by atoms with Crippen molar-refractivity contribution < 1.29 is 28.4 Å². The van der Waals surface area contributed by atoms with Gasteiger partial charge in [-0.05, 0) is 515 Å². The fourth-order valence-electron chi connectivity index (χ4n) is 19.3. The van der Waals surface area contributed by atoms with Gasteiger partial charge in [0.05, 0.1) is 0 Å². The lowest BCUT2D eigenvalue weighted by Crippen LogP contribution is -2.33. The standard InChI is InChI=1S/C40H62O2.C40H54O2.C28H42O2/c2*1-19-21(3)25(7)33-31(23(19)5)27(9)29(11)37(41-39(13,14)15)35(33)36-34-26(8)22(4)20(2)24(6)32(34)28(10)30(12)38(36)42-40(16,17)18;1-15-17(3)21(7)25(29-27(9,10)11)23(19(15)5)24-20(6)16(2)18(4)22(8)26(24)30-28(12,13)14/h19-26H,1-18H3;1-18H3;1-14H3. The van der Waals surface area contributed by atoms with Crippen LogP contribution in [-0.4, -0.2) is 33.6 Å². The van der Waals surface area contributed by atoms with Crippen molar-refractivity contribution in [3.8, 4) is 67.9 Å². The molecule has 2 aliphatic carbocycles. The first kappa shape index (κ1) is 92.6. The maximum absolute atomic E-state index is 7.11. The molecule has 0 spiro atoms. The van der Waals surface area contributed by atoms with Gasteiger partial charge in [0.25, 0.3) is 0 Å². The second kappa shape index (κ2) is 32.1. The van der Waals surface area contributed by atoms with Crippen molar-refractivity contribution in [2.24, 2.45) is 23.7 Å². The molecular formula is C108H158O6. The molecule has 0 bridgehead atoms. The normalized spacial score (nSPS) is 18.8. The molecule has 626 valence electrons. The zero-order valence-corrected chi connectivity index (χ0v) is 82.1. The Labute approximate surface area is 696 Å². The monoisotopic (exact) mass is 1550 g/mol. The highest BCUT2D eigenvalue weighted by molar-refractivity contribution is 6.16. The Morgan fingerprint density at radius 2 is 0.298 bits per heavy atom. The van der Waals surface area contributed by atoms with E-state index in [4.69, 9.17) is 28.4 Å². The van der Waals surface area contributed by atoms with Gasteiger partial charge in [-0.2, -0.15) is 0 Å². The summed E-state index contributed by atoms with van der Waals surface area (Å²) in [5.74, 6) is 10.2. The molecule has 0 radical (unpaired) electrons. The van der Waals surface area contributed by atoms with E-state index in [9.17, 15) is 0 Å². The number of fused-ring (bicyclic) bond motifs is 4. The first-order valence-electron chi connectivity index (χ1n) is 43.5. The number of hydrogen-bond acceptors (Lipinski definition) is 6. The lowest BCUT2D eigenvalue weighted by molar-refractivity contribution is 0.126. The summed E-state index contributed by atoms with van der Waals surface area (Å²) >= 11 is 0. The highest BCUT2D eigenvalue weighted by Crippen LogP contribution is 2.63. The molecule has 0 aliphatic heterocycles. The molecule has 0 aromatic heterocycles. The highest BCUT2D eigenvalue weighted by atomic mass is 16.5. The Bertz CT molecular complexity index is 4800. The first-order valence-corrected chi connectivity index (χ1v) is 43.5. The Balaban J connectivity index is 0.000000218. The Kier molecular flexibility index (Phi) is 26.1. The quantitative estimate of drug-likeness (QED) is 0.144. The third-order valence-corrected chi connectivity index (χ3v) is 28.2. The molecule has 6 nitrogen and oxygen atoms in total. The van der Waals surface area contributed by atoms with Crippen LogP contribution >= 0.6 is 0 Å². The van der Waals surface area contributed by atoms with Gasteiger partial charge in [0, 0.05) is 33.4 Å². The van der Waals surface area contributed by atoms with Crippen LogP contribution in [0.15, 0.2) is 0 Å². The van der Waals surface area contributed by atoms with E-state index in [0.717, 1.165) is 34.5 Å². The molecule has 0 N–H and O–H groups in total. The minimum absolute atomic E-state index is 0.290. The molecule has 0 amide bonds. The lowest BCUT2D eigenvalue weighted by Gasteiger charge is -2.45. The molecule has 2 aliphatic rings. The van der Waals surface area contributed by atoms with Crippen molar-refractivity contribution in [2.75, 3.05) is 0 Å². The minimum atomic E-state index is -0.375. The van der Waals surface area contributed by atoms with Gasteiger partial charge in [-0.25, -0.2) is 0 Å². The van der Waals surface area contributed by atoms with E-state index in [-0.39, 0.29) is 33.6 Å². The molecule has 10 rings (SSSR count). The number of hydrogen-bond donors (Lipinski definition) is 0. The topological polar surface area (TPSA) is 55.4 Å². The third-order valence-electron chi connectivity index (χ3n) is 28.2. The van der Waals surface area contributed by atoms with Gasteiger partial charge >= 0.3 is 0 Å². The summed E-state index contributed by atoms with van der Waals surface area (Å²) in [6.45, 7) is 113. The van der Waals surface area contributed by atoms with E-state index in [0.29, 0.717) is 47.3 Å². The van der Waals surface area contributed by atoms with Crippen LogP contribution < -0.4 is 28.4 Å². The molecule has 8 aromatic carbocycles. The van der Waals surface area contributed by atoms with Crippen LogP contribution in [0.25, 0.3) is 54.9 Å². The first-order chi connectivity index (χ1) is 51.7. The number of benzene rings is 8. The van der Waals surface area contributed by atoms with E-state index in [1.54, 1.807) is 11.1 Å². The molecule has 6 heteroatoms. The molecule has 8 aromatic rings. The van der Waals surface area contributed by atoms with Crippen LogP contribution in [0.3, 0.4) is 0 Å². The van der Waals surface area contributed by atoms with Crippen LogP contribution in [-0.2, 0) is 0 Å². The smallest absolute Gasteiger partial charge is 0.131 e. The number of rotatable bonds is 9. The van der Waals surface area contributed by atoms with Crippen molar-refractivity contribution in [2.45, 2.75) is 403 Å². The van der Waals surface area contributed by atoms with Crippen molar-refractivity contribution in [3.63, 3.8) is 0 Å². The average molecular weight is 1550 g/mol. The van der Waals surface area contributed by atoms with Crippen LogP contribution in [0, 0.1) is 190 Å². The SMILES string of the molecule is Cc1c(C)c(C)c(-c2c(C)c(C)c(C)c(C)c2OC(C)(C)C)c(OC(C)(C)C)c1C.Cc1c(C)c(C)c2c(-c3c(OC(C)(C)C)c(C)c(C)c4c(C)c(C)c(C)c(C)c34)c(OC(C)(C)C)c(C)c(C)c2c1C.Cc1c(C)c2c(c(-c3c(OC(C)(C)C)c(C)c(C)c4c3C(C)C(C)C(C)C4C)c1OC(C)(C)C)C(C)C(C)C(C)C2C. The van der Waals surface area contributed by atoms with Crippen LogP contribution in [0.4, 0.5) is 0 Å². The number of ether oxygens (including phenoxy) is 6. The maximum Gasteiger partial charge on any atom is 0.131 e. The average Bonchev–Trinajstić information content (AvgIpc) is 0.710. The zero-order chi connectivity index (χ0) is 87.3.